The van der Waals surface area contributed by atoms with Gasteiger partial charge in [0.05, 0.1) is 0 Å². The number of likely N-dealkylation sites (tertiary alicyclic amines) is 1. The van der Waals surface area contributed by atoms with Crippen molar-refractivity contribution < 1.29 is 0 Å². The highest BCUT2D eigenvalue weighted by molar-refractivity contribution is 4.76. The van der Waals surface area contributed by atoms with E-state index in [9.17, 15) is 0 Å². The van der Waals surface area contributed by atoms with Gasteiger partial charge in [-0.05, 0) is 53.0 Å². The van der Waals surface area contributed by atoms with Crippen LogP contribution in [0, 0.1) is 0 Å². The zero-order valence-electron chi connectivity index (χ0n) is 11.5. The predicted octanol–water partition coefficient (Wildman–Crippen LogP) is 2.98. The molecule has 1 rings (SSSR count). The molecule has 1 aliphatic heterocycles. The van der Waals surface area contributed by atoms with Crippen LogP contribution < -0.4 is 0 Å². The van der Waals surface area contributed by atoms with Crippen LogP contribution in [0.15, 0.2) is 0 Å². The van der Waals surface area contributed by atoms with E-state index in [4.69, 9.17) is 0 Å². The highest BCUT2D eigenvalue weighted by Gasteiger charge is 2.19. The Morgan fingerprint density at radius 1 is 1.06 bits per heavy atom. The molecule has 0 aromatic carbocycles. The van der Waals surface area contributed by atoms with Gasteiger partial charge in [-0.15, -0.1) is 0 Å². The molecule has 0 spiro atoms. The maximum absolute atomic E-state index is 2.60. The van der Waals surface area contributed by atoms with Crippen LogP contribution in [0.5, 0.6) is 0 Å². The lowest BCUT2D eigenvalue weighted by atomic mass is 10.0. The lowest BCUT2D eigenvalue weighted by Gasteiger charge is -2.35. The van der Waals surface area contributed by atoms with E-state index in [2.05, 4.69) is 30.8 Å². The second-order valence-corrected chi connectivity index (χ2v) is 5.43. The normalized spacial score (nSPS) is 19.5. The summed E-state index contributed by atoms with van der Waals surface area (Å²) in [6.45, 7) is 6.15. The van der Waals surface area contributed by atoms with Gasteiger partial charge in [-0.25, -0.2) is 0 Å². The fourth-order valence-electron chi connectivity index (χ4n) is 2.58. The summed E-state index contributed by atoms with van der Waals surface area (Å²) in [5, 5.41) is 0. The van der Waals surface area contributed by atoms with Crippen molar-refractivity contribution in [1.29, 1.82) is 0 Å². The monoisotopic (exact) mass is 226 g/mol. The van der Waals surface area contributed by atoms with E-state index in [0.717, 1.165) is 6.04 Å². The van der Waals surface area contributed by atoms with E-state index in [-0.39, 0.29) is 0 Å². The molecule has 0 aromatic rings. The molecule has 0 N–H and O–H groups in total. The molecule has 0 saturated carbocycles. The Kier molecular flexibility index (Phi) is 7.06. The van der Waals surface area contributed by atoms with Crippen molar-refractivity contribution >= 4 is 0 Å². The van der Waals surface area contributed by atoms with E-state index < -0.39 is 0 Å². The Balaban J connectivity index is 2.03. The maximum atomic E-state index is 2.60. The summed E-state index contributed by atoms with van der Waals surface area (Å²) in [4.78, 5) is 5.05. The van der Waals surface area contributed by atoms with Gasteiger partial charge in [-0.2, -0.15) is 0 Å². The van der Waals surface area contributed by atoms with Crippen LogP contribution in [-0.2, 0) is 0 Å². The molecule has 0 aromatic heterocycles. The molecule has 2 nitrogen and oxygen atoms in total. The fraction of sp³-hybridized carbons (Fsp3) is 1.00. The summed E-state index contributed by atoms with van der Waals surface area (Å²) < 4.78 is 0. The lowest BCUT2D eigenvalue weighted by Crippen LogP contribution is -2.42. The van der Waals surface area contributed by atoms with E-state index in [0.29, 0.717) is 0 Å². The minimum atomic E-state index is 0.849. The molecule has 0 bridgehead atoms. The van der Waals surface area contributed by atoms with Crippen molar-refractivity contribution in [3.05, 3.63) is 0 Å². The molecule has 2 heteroatoms. The Hall–Kier alpha value is -0.0800. The van der Waals surface area contributed by atoms with Crippen molar-refractivity contribution in [3.8, 4) is 0 Å². The highest BCUT2D eigenvalue weighted by atomic mass is 15.2. The van der Waals surface area contributed by atoms with Crippen LogP contribution in [-0.4, -0.2) is 49.6 Å². The van der Waals surface area contributed by atoms with Crippen molar-refractivity contribution in [2.75, 3.05) is 33.7 Å². The zero-order valence-corrected chi connectivity index (χ0v) is 11.5. The van der Waals surface area contributed by atoms with E-state index in [1.807, 2.05) is 0 Å². The number of rotatable bonds is 7. The standard InChI is InChI=1S/C14H30N2/c1-4-5-6-7-8-11-16(3)14-9-12-15(2)13-10-14/h14H,4-13H2,1-3H3. The molecule has 0 unspecified atom stereocenters. The van der Waals surface area contributed by atoms with Crippen LogP contribution in [0.3, 0.4) is 0 Å². The average molecular weight is 226 g/mol. The molecule has 0 aliphatic carbocycles. The fourth-order valence-corrected chi connectivity index (χ4v) is 2.58. The van der Waals surface area contributed by atoms with Crippen molar-refractivity contribution in [1.82, 2.24) is 9.80 Å². The summed E-state index contributed by atoms with van der Waals surface area (Å²) >= 11 is 0. The predicted molar refractivity (Wildman–Crippen MR) is 71.9 cm³/mol. The van der Waals surface area contributed by atoms with Gasteiger partial charge in [-0.1, -0.05) is 32.6 Å². The third-order valence-corrected chi connectivity index (χ3v) is 3.93. The summed E-state index contributed by atoms with van der Waals surface area (Å²) in [5.74, 6) is 0. The summed E-state index contributed by atoms with van der Waals surface area (Å²) in [7, 11) is 4.55. The smallest absolute Gasteiger partial charge is 0.0117 e. The molecule has 1 aliphatic rings. The first-order chi connectivity index (χ1) is 7.74. The van der Waals surface area contributed by atoms with Crippen molar-refractivity contribution in [2.24, 2.45) is 0 Å². The summed E-state index contributed by atoms with van der Waals surface area (Å²) in [6, 6.07) is 0.849. The second-order valence-electron chi connectivity index (χ2n) is 5.43. The third-order valence-electron chi connectivity index (χ3n) is 3.93. The maximum Gasteiger partial charge on any atom is 0.0117 e. The van der Waals surface area contributed by atoms with Gasteiger partial charge in [0.15, 0.2) is 0 Å². The molecule has 1 heterocycles. The first-order valence-electron chi connectivity index (χ1n) is 7.12. The van der Waals surface area contributed by atoms with E-state index >= 15 is 0 Å². The highest BCUT2D eigenvalue weighted by Crippen LogP contribution is 2.15. The SMILES string of the molecule is CCCCCCCN(C)C1CCN(C)CC1. The molecule has 96 valence electrons. The average Bonchev–Trinajstić information content (AvgIpc) is 2.29. The number of nitrogens with zero attached hydrogens (tertiary/aromatic N) is 2. The van der Waals surface area contributed by atoms with Crippen LogP contribution in [0.1, 0.15) is 51.9 Å². The Morgan fingerprint density at radius 2 is 1.69 bits per heavy atom. The molecule has 0 atom stereocenters. The molecular formula is C14H30N2. The zero-order chi connectivity index (χ0) is 11.8. The van der Waals surface area contributed by atoms with Gasteiger partial charge in [0.2, 0.25) is 0 Å². The Morgan fingerprint density at radius 3 is 2.31 bits per heavy atom. The Labute approximate surface area is 102 Å². The number of hydrogen-bond acceptors (Lipinski definition) is 2. The first kappa shape index (κ1) is 14.0. The minimum Gasteiger partial charge on any atom is -0.306 e. The molecule has 0 amide bonds. The lowest BCUT2D eigenvalue weighted by molar-refractivity contribution is 0.142. The van der Waals surface area contributed by atoms with Gasteiger partial charge in [0.25, 0.3) is 0 Å². The van der Waals surface area contributed by atoms with Crippen LogP contribution in [0.2, 0.25) is 0 Å². The van der Waals surface area contributed by atoms with Crippen molar-refractivity contribution in [2.45, 2.75) is 57.9 Å². The minimum absolute atomic E-state index is 0.849. The number of hydrogen-bond donors (Lipinski definition) is 0. The van der Waals surface area contributed by atoms with Crippen LogP contribution in [0.25, 0.3) is 0 Å². The summed E-state index contributed by atoms with van der Waals surface area (Å²) in [5.41, 5.74) is 0. The van der Waals surface area contributed by atoms with Gasteiger partial charge < -0.3 is 9.80 Å². The van der Waals surface area contributed by atoms with Gasteiger partial charge in [0, 0.05) is 6.04 Å². The number of piperidine rings is 1. The first-order valence-corrected chi connectivity index (χ1v) is 7.12. The number of unbranched alkanes of at least 4 members (excludes halogenated alkanes) is 4. The third kappa shape index (κ3) is 5.31. The largest absolute Gasteiger partial charge is 0.306 e. The van der Waals surface area contributed by atoms with E-state index in [1.165, 1.54) is 64.6 Å². The Bertz CT molecular complexity index is 162. The summed E-state index contributed by atoms with van der Waals surface area (Å²) in [6.07, 6.45) is 9.73. The molecule has 1 saturated heterocycles. The van der Waals surface area contributed by atoms with Gasteiger partial charge in [-0.3, -0.25) is 0 Å². The van der Waals surface area contributed by atoms with Gasteiger partial charge in [0.1, 0.15) is 0 Å². The molecule has 0 radical (unpaired) electrons. The molecular weight excluding hydrogens is 196 g/mol. The van der Waals surface area contributed by atoms with Crippen LogP contribution in [0.4, 0.5) is 0 Å². The van der Waals surface area contributed by atoms with Crippen molar-refractivity contribution in [3.63, 3.8) is 0 Å². The van der Waals surface area contributed by atoms with Gasteiger partial charge >= 0.3 is 0 Å². The quantitative estimate of drug-likeness (QED) is 0.616. The van der Waals surface area contributed by atoms with E-state index in [1.54, 1.807) is 0 Å². The second kappa shape index (κ2) is 8.08. The molecule has 1 fully saturated rings. The van der Waals surface area contributed by atoms with Crippen LogP contribution >= 0.6 is 0 Å². The topological polar surface area (TPSA) is 6.48 Å². The molecule has 16 heavy (non-hydrogen) atoms.